The summed E-state index contributed by atoms with van der Waals surface area (Å²) in [4.78, 5) is 11.2. The summed E-state index contributed by atoms with van der Waals surface area (Å²) < 4.78 is 12.3. The highest BCUT2D eigenvalue weighted by atomic mass is 32.2. The van der Waals surface area contributed by atoms with Crippen LogP contribution in [-0.2, 0) is 27.7 Å². The average molecular weight is 329 g/mol. The monoisotopic (exact) mass is 329 g/mol. The van der Waals surface area contributed by atoms with Crippen LogP contribution in [0.2, 0.25) is 0 Å². The van der Waals surface area contributed by atoms with Crippen LogP contribution in [0, 0.1) is 0 Å². The highest BCUT2D eigenvalue weighted by Gasteiger charge is 2.13. The Labute approximate surface area is 140 Å². The molecule has 0 spiro atoms. The van der Waals surface area contributed by atoms with Gasteiger partial charge in [-0.05, 0) is 34.2 Å². The van der Waals surface area contributed by atoms with Gasteiger partial charge in [-0.3, -0.25) is 9.00 Å². The van der Waals surface area contributed by atoms with Gasteiger partial charge in [0, 0.05) is 27.9 Å². The van der Waals surface area contributed by atoms with Crippen LogP contribution in [0.3, 0.4) is 0 Å². The molecule has 0 heterocycles. The van der Waals surface area contributed by atoms with E-state index in [-0.39, 0.29) is 5.41 Å². The van der Waals surface area contributed by atoms with Crippen molar-refractivity contribution < 1.29 is 9.00 Å². The van der Waals surface area contributed by atoms with E-state index >= 15 is 0 Å². The molecule has 0 fully saturated rings. The third-order valence-corrected chi connectivity index (χ3v) is 5.00. The van der Waals surface area contributed by atoms with Crippen LogP contribution in [-0.4, -0.2) is 10.1 Å². The molecule has 1 atom stereocenters. The topological polar surface area (TPSA) is 60.2 Å². The fourth-order valence-corrected chi connectivity index (χ4v) is 3.56. The van der Waals surface area contributed by atoms with Crippen LogP contribution >= 0.6 is 0 Å². The first-order valence-electron chi connectivity index (χ1n) is 7.59. The lowest BCUT2D eigenvalue weighted by Crippen LogP contribution is -2.11. The molecule has 4 heteroatoms. The smallest absolute Gasteiger partial charge is 0.248 e. The van der Waals surface area contributed by atoms with Gasteiger partial charge in [-0.1, -0.05) is 57.2 Å². The van der Waals surface area contributed by atoms with Crippen molar-refractivity contribution in [1.29, 1.82) is 0 Å². The Hall–Kier alpha value is -1.94. The van der Waals surface area contributed by atoms with Gasteiger partial charge in [-0.15, -0.1) is 0 Å². The summed E-state index contributed by atoms with van der Waals surface area (Å²) in [7, 11) is -1.02. The fourth-order valence-electron chi connectivity index (χ4n) is 2.34. The first-order valence-corrected chi connectivity index (χ1v) is 9.07. The molecule has 2 N–H and O–H groups in total. The molecule has 3 nitrogen and oxygen atoms in total. The zero-order valence-corrected chi connectivity index (χ0v) is 14.7. The molecule has 0 aromatic heterocycles. The lowest BCUT2D eigenvalue weighted by molar-refractivity contribution is 0.1000. The van der Waals surface area contributed by atoms with Crippen molar-refractivity contribution in [2.24, 2.45) is 5.73 Å². The maximum absolute atomic E-state index is 12.3. The molecule has 0 unspecified atom stereocenters. The molecule has 0 aliphatic carbocycles. The molecule has 0 aliphatic rings. The molecule has 0 aliphatic heterocycles. The minimum atomic E-state index is -1.02. The lowest BCUT2D eigenvalue weighted by Gasteiger charge is -2.19. The zero-order valence-electron chi connectivity index (χ0n) is 13.8. The second kappa shape index (κ2) is 7.09. The summed E-state index contributed by atoms with van der Waals surface area (Å²) in [6.07, 6.45) is 0. The van der Waals surface area contributed by atoms with E-state index in [9.17, 15) is 9.00 Å². The minimum absolute atomic E-state index is 0.118. The SMILES string of the molecule is CC(C)(C)c1ccc(C[S@@](=O)Cc2cccc(C(N)=O)c2)cc1. The van der Waals surface area contributed by atoms with Crippen molar-refractivity contribution in [2.45, 2.75) is 37.7 Å². The maximum atomic E-state index is 12.3. The Morgan fingerprint density at radius 3 is 2.17 bits per heavy atom. The normalized spacial score (nSPS) is 12.8. The van der Waals surface area contributed by atoms with Gasteiger partial charge in [0.25, 0.3) is 0 Å². The largest absolute Gasteiger partial charge is 0.366 e. The van der Waals surface area contributed by atoms with E-state index in [0.29, 0.717) is 17.1 Å². The van der Waals surface area contributed by atoms with E-state index in [1.165, 1.54) is 5.56 Å². The van der Waals surface area contributed by atoms with Crippen LogP contribution in [0.5, 0.6) is 0 Å². The van der Waals surface area contributed by atoms with Crippen molar-refractivity contribution in [3.63, 3.8) is 0 Å². The first kappa shape index (κ1) is 17.4. The quantitative estimate of drug-likeness (QED) is 0.912. The van der Waals surface area contributed by atoms with Gasteiger partial charge in [0.2, 0.25) is 5.91 Å². The van der Waals surface area contributed by atoms with Gasteiger partial charge < -0.3 is 5.73 Å². The first-order chi connectivity index (χ1) is 10.8. The molecule has 0 radical (unpaired) electrons. The number of hydrogen-bond acceptors (Lipinski definition) is 2. The molecule has 2 aromatic carbocycles. The number of benzene rings is 2. The third kappa shape index (κ3) is 5.03. The van der Waals surface area contributed by atoms with Crippen LogP contribution in [0.4, 0.5) is 0 Å². The van der Waals surface area contributed by atoms with Crippen molar-refractivity contribution >= 4 is 16.7 Å². The average Bonchev–Trinajstić information content (AvgIpc) is 2.47. The van der Waals surface area contributed by atoms with Gasteiger partial charge in [0.05, 0.1) is 0 Å². The van der Waals surface area contributed by atoms with Gasteiger partial charge >= 0.3 is 0 Å². The number of hydrogen-bond donors (Lipinski definition) is 1. The van der Waals surface area contributed by atoms with Crippen LogP contribution < -0.4 is 5.73 Å². The second-order valence-electron chi connectivity index (χ2n) is 6.74. The molecule has 0 saturated carbocycles. The highest BCUT2D eigenvalue weighted by Crippen LogP contribution is 2.22. The summed E-state index contributed by atoms with van der Waals surface area (Å²) in [5.74, 6) is 0.461. The van der Waals surface area contributed by atoms with Gasteiger partial charge in [-0.25, -0.2) is 0 Å². The molecule has 2 rings (SSSR count). The maximum Gasteiger partial charge on any atom is 0.248 e. The molecule has 0 saturated heterocycles. The fraction of sp³-hybridized carbons (Fsp3) is 0.316. The number of carbonyl (C=O) groups is 1. The van der Waals surface area contributed by atoms with Gasteiger partial charge in [0.15, 0.2) is 0 Å². The van der Waals surface area contributed by atoms with E-state index < -0.39 is 16.7 Å². The number of primary amides is 1. The summed E-state index contributed by atoms with van der Waals surface area (Å²) in [5, 5.41) is 0. The van der Waals surface area contributed by atoms with Crippen molar-refractivity contribution in [3.8, 4) is 0 Å². The summed E-state index contributed by atoms with van der Waals surface area (Å²) >= 11 is 0. The third-order valence-electron chi connectivity index (χ3n) is 3.69. The molecule has 23 heavy (non-hydrogen) atoms. The van der Waals surface area contributed by atoms with E-state index in [4.69, 9.17) is 5.73 Å². The van der Waals surface area contributed by atoms with Crippen LogP contribution in [0.1, 0.15) is 47.8 Å². The second-order valence-corrected chi connectivity index (χ2v) is 8.20. The highest BCUT2D eigenvalue weighted by molar-refractivity contribution is 7.83. The predicted molar refractivity (Wildman–Crippen MR) is 95.7 cm³/mol. The van der Waals surface area contributed by atoms with E-state index in [0.717, 1.165) is 11.1 Å². The Morgan fingerprint density at radius 2 is 1.61 bits per heavy atom. The van der Waals surface area contributed by atoms with E-state index in [1.54, 1.807) is 18.2 Å². The van der Waals surface area contributed by atoms with Gasteiger partial charge in [-0.2, -0.15) is 0 Å². The molecule has 0 bridgehead atoms. The molecule has 122 valence electrons. The van der Waals surface area contributed by atoms with Crippen molar-refractivity contribution in [1.82, 2.24) is 0 Å². The van der Waals surface area contributed by atoms with Crippen molar-refractivity contribution in [2.75, 3.05) is 0 Å². The number of amides is 1. The lowest BCUT2D eigenvalue weighted by atomic mass is 9.87. The van der Waals surface area contributed by atoms with E-state index in [2.05, 4.69) is 32.9 Å². The molecular weight excluding hydrogens is 306 g/mol. The number of nitrogens with two attached hydrogens (primary N) is 1. The zero-order chi connectivity index (χ0) is 17.0. The van der Waals surface area contributed by atoms with Crippen LogP contribution in [0.15, 0.2) is 48.5 Å². The summed E-state index contributed by atoms with van der Waals surface area (Å²) in [6.45, 7) is 6.52. The Bertz CT molecular complexity index is 715. The molecule has 1 amide bonds. The standard InChI is InChI=1S/C19H23NO2S/c1-19(2,3)17-9-7-14(8-10-17)12-23(22)13-15-5-4-6-16(11-15)18(20)21/h4-11H,12-13H2,1-3H3,(H2,20,21)/t23-/m1/s1. The minimum Gasteiger partial charge on any atom is -0.366 e. The number of rotatable bonds is 5. The van der Waals surface area contributed by atoms with Crippen molar-refractivity contribution in [3.05, 3.63) is 70.8 Å². The van der Waals surface area contributed by atoms with Crippen LogP contribution in [0.25, 0.3) is 0 Å². The Kier molecular flexibility index (Phi) is 5.37. The summed E-state index contributed by atoms with van der Waals surface area (Å²) in [6, 6.07) is 15.3. The summed E-state index contributed by atoms with van der Waals surface area (Å²) in [5.41, 5.74) is 9.03. The predicted octanol–water partition coefficient (Wildman–Crippen LogP) is 3.53. The van der Waals surface area contributed by atoms with E-state index in [1.807, 2.05) is 18.2 Å². The van der Waals surface area contributed by atoms with Gasteiger partial charge in [0.1, 0.15) is 0 Å². The molecular formula is C19H23NO2S. The Balaban J connectivity index is 2.02. The molecule has 2 aromatic rings. The Morgan fingerprint density at radius 1 is 1.00 bits per heavy atom. The number of carbonyl (C=O) groups excluding carboxylic acids is 1.